The van der Waals surface area contributed by atoms with Crippen molar-refractivity contribution in [3.05, 3.63) is 35.9 Å². The number of carbonyl (C=O) groups is 1. The number of hydrazine groups is 1. The molecule has 4 atom stereocenters. The van der Waals surface area contributed by atoms with Crippen molar-refractivity contribution in [1.82, 2.24) is 16.2 Å². The Kier molecular flexibility index (Phi) is 5.65. The second-order valence-corrected chi connectivity index (χ2v) is 6.52. The molecule has 0 aliphatic carbocycles. The first-order valence-electron chi connectivity index (χ1n) is 8.72. The van der Waals surface area contributed by atoms with Crippen LogP contribution in [0, 0.1) is 11.8 Å². The van der Waals surface area contributed by atoms with Crippen LogP contribution in [0.2, 0.25) is 0 Å². The summed E-state index contributed by atoms with van der Waals surface area (Å²) < 4.78 is 5.89. The lowest BCUT2D eigenvalue weighted by atomic mass is 9.94. The summed E-state index contributed by atoms with van der Waals surface area (Å²) in [7, 11) is 0. The Hall–Kier alpha value is -1.43. The Morgan fingerprint density at radius 3 is 2.96 bits per heavy atom. The zero-order valence-electron chi connectivity index (χ0n) is 13.8. The molecule has 0 aromatic heterocycles. The van der Waals surface area contributed by atoms with Gasteiger partial charge in [-0.15, -0.1) is 0 Å². The Morgan fingerprint density at radius 2 is 2.17 bits per heavy atom. The van der Waals surface area contributed by atoms with Crippen molar-refractivity contribution in [3.63, 3.8) is 0 Å². The van der Waals surface area contributed by atoms with Crippen LogP contribution in [-0.4, -0.2) is 31.6 Å². The van der Waals surface area contributed by atoms with Crippen molar-refractivity contribution in [2.45, 2.75) is 38.3 Å². The smallest absolute Gasteiger partial charge is 0.226 e. The first-order valence-corrected chi connectivity index (χ1v) is 8.72. The minimum Gasteiger partial charge on any atom is -0.373 e. The van der Waals surface area contributed by atoms with Crippen LogP contribution >= 0.6 is 0 Å². The fraction of sp³-hybridized carbons (Fsp3) is 0.611. The maximum Gasteiger partial charge on any atom is 0.226 e. The summed E-state index contributed by atoms with van der Waals surface area (Å²) in [5.41, 5.74) is 7.54. The molecule has 1 aromatic rings. The average molecular weight is 317 g/mol. The van der Waals surface area contributed by atoms with E-state index in [1.807, 2.05) is 18.2 Å². The quantitative estimate of drug-likeness (QED) is 0.748. The molecule has 126 valence electrons. The number of hydrogen-bond donors (Lipinski definition) is 3. The lowest BCUT2D eigenvalue weighted by molar-refractivity contribution is -0.125. The summed E-state index contributed by atoms with van der Waals surface area (Å²) in [6.07, 6.45) is 3.20. The number of hydrogen-bond acceptors (Lipinski definition) is 4. The molecule has 0 saturated carbocycles. The topological polar surface area (TPSA) is 62.4 Å². The first kappa shape index (κ1) is 16.4. The molecule has 0 radical (unpaired) electrons. The minimum absolute atomic E-state index is 0.0208. The van der Waals surface area contributed by atoms with Crippen molar-refractivity contribution in [2.75, 3.05) is 19.7 Å². The van der Waals surface area contributed by atoms with Crippen LogP contribution in [0.15, 0.2) is 30.3 Å². The first-order chi connectivity index (χ1) is 11.3. The minimum atomic E-state index is 0.0208. The molecule has 0 spiro atoms. The van der Waals surface area contributed by atoms with Gasteiger partial charge in [0.05, 0.1) is 12.0 Å². The van der Waals surface area contributed by atoms with E-state index in [9.17, 15) is 4.79 Å². The highest BCUT2D eigenvalue weighted by molar-refractivity contribution is 5.80. The third-order valence-electron chi connectivity index (χ3n) is 4.91. The largest absolute Gasteiger partial charge is 0.373 e. The highest BCUT2D eigenvalue weighted by atomic mass is 16.5. The third kappa shape index (κ3) is 3.91. The molecule has 2 aliphatic rings. The van der Waals surface area contributed by atoms with E-state index >= 15 is 0 Å². The van der Waals surface area contributed by atoms with Crippen molar-refractivity contribution in [3.8, 4) is 0 Å². The van der Waals surface area contributed by atoms with Crippen LogP contribution in [0.3, 0.4) is 0 Å². The number of nitrogens with one attached hydrogen (secondary N) is 3. The van der Waals surface area contributed by atoms with E-state index in [4.69, 9.17) is 4.74 Å². The zero-order chi connectivity index (χ0) is 16.1. The second-order valence-electron chi connectivity index (χ2n) is 6.52. The molecule has 23 heavy (non-hydrogen) atoms. The molecule has 2 heterocycles. The average Bonchev–Trinajstić information content (AvgIpc) is 3.23. The molecular formula is C18H27N3O2. The summed E-state index contributed by atoms with van der Waals surface area (Å²) in [5, 5.41) is 3.16. The maximum absolute atomic E-state index is 12.5. The lowest BCUT2D eigenvalue weighted by Gasteiger charge is -2.22. The SMILES string of the molecule is CCCC1NNCC1C(=O)NC[C@@H]1CCO[C@H]1c1ccccc1. The predicted octanol–water partition coefficient (Wildman–Crippen LogP) is 1.77. The van der Waals surface area contributed by atoms with Gasteiger partial charge in [-0.05, 0) is 18.4 Å². The highest BCUT2D eigenvalue weighted by Crippen LogP contribution is 2.33. The summed E-state index contributed by atoms with van der Waals surface area (Å²) in [4.78, 5) is 12.5. The summed E-state index contributed by atoms with van der Waals surface area (Å²) >= 11 is 0. The summed E-state index contributed by atoms with van der Waals surface area (Å²) in [6.45, 7) is 4.31. The van der Waals surface area contributed by atoms with Crippen LogP contribution in [0.4, 0.5) is 0 Å². The molecular weight excluding hydrogens is 290 g/mol. The molecule has 2 aliphatic heterocycles. The lowest BCUT2D eigenvalue weighted by Crippen LogP contribution is -2.41. The summed E-state index contributed by atoms with van der Waals surface area (Å²) in [6, 6.07) is 10.5. The van der Waals surface area contributed by atoms with Gasteiger partial charge in [0.25, 0.3) is 0 Å². The number of ether oxygens (including phenoxy) is 1. The van der Waals surface area contributed by atoms with Gasteiger partial charge in [-0.1, -0.05) is 43.7 Å². The fourth-order valence-electron chi connectivity index (χ4n) is 3.62. The van der Waals surface area contributed by atoms with Crippen molar-refractivity contribution >= 4 is 5.91 Å². The Morgan fingerprint density at radius 1 is 1.35 bits per heavy atom. The number of benzene rings is 1. The van der Waals surface area contributed by atoms with Crippen molar-refractivity contribution in [2.24, 2.45) is 11.8 Å². The predicted molar refractivity (Wildman–Crippen MR) is 89.6 cm³/mol. The van der Waals surface area contributed by atoms with Gasteiger partial charge in [-0.25, -0.2) is 0 Å². The van der Waals surface area contributed by atoms with Gasteiger partial charge in [0.2, 0.25) is 5.91 Å². The van der Waals surface area contributed by atoms with Crippen LogP contribution in [0.1, 0.15) is 37.9 Å². The van der Waals surface area contributed by atoms with Gasteiger partial charge in [0.1, 0.15) is 0 Å². The van der Waals surface area contributed by atoms with E-state index in [0.29, 0.717) is 19.0 Å². The van der Waals surface area contributed by atoms with Crippen LogP contribution < -0.4 is 16.2 Å². The normalized spacial score (nSPS) is 30.5. The molecule has 0 bridgehead atoms. The zero-order valence-corrected chi connectivity index (χ0v) is 13.8. The van der Waals surface area contributed by atoms with Crippen LogP contribution in [0.25, 0.3) is 0 Å². The second kappa shape index (κ2) is 7.90. The van der Waals surface area contributed by atoms with Crippen molar-refractivity contribution in [1.29, 1.82) is 0 Å². The summed E-state index contributed by atoms with van der Waals surface area (Å²) in [5.74, 6) is 0.528. The maximum atomic E-state index is 12.5. The molecule has 5 nitrogen and oxygen atoms in total. The van der Waals surface area contributed by atoms with Gasteiger partial charge in [-0.2, -0.15) is 0 Å². The number of carbonyl (C=O) groups excluding carboxylic acids is 1. The van der Waals surface area contributed by atoms with Gasteiger partial charge in [0.15, 0.2) is 0 Å². The van der Waals surface area contributed by atoms with E-state index in [1.54, 1.807) is 0 Å². The van der Waals surface area contributed by atoms with E-state index in [-0.39, 0.29) is 24.0 Å². The van der Waals surface area contributed by atoms with Crippen LogP contribution in [-0.2, 0) is 9.53 Å². The molecule has 5 heteroatoms. The van der Waals surface area contributed by atoms with Crippen LogP contribution in [0.5, 0.6) is 0 Å². The molecule has 2 unspecified atom stereocenters. The Balaban J connectivity index is 1.54. The molecule has 1 aromatic carbocycles. The van der Waals surface area contributed by atoms with Gasteiger partial charge >= 0.3 is 0 Å². The fourth-order valence-corrected chi connectivity index (χ4v) is 3.62. The standard InChI is InChI=1S/C18H27N3O2/c1-2-6-16-15(12-20-21-16)18(22)19-11-14-9-10-23-17(14)13-7-4-3-5-8-13/h3-5,7-8,14-17,20-21H,2,6,9-12H2,1H3,(H,19,22)/t14-,15?,16?,17-/m0/s1. The molecule has 1 amide bonds. The van der Waals surface area contributed by atoms with Crippen molar-refractivity contribution < 1.29 is 9.53 Å². The number of rotatable bonds is 6. The monoisotopic (exact) mass is 317 g/mol. The number of amides is 1. The molecule has 3 rings (SSSR count). The third-order valence-corrected chi connectivity index (χ3v) is 4.91. The Labute approximate surface area is 138 Å². The van der Waals surface area contributed by atoms with E-state index in [1.165, 1.54) is 5.56 Å². The Bertz CT molecular complexity index is 508. The highest BCUT2D eigenvalue weighted by Gasteiger charge is 2.34. The molecule has 2 fully saturated rings. The van der Waals surface area contributed by atoms with E-state index in [0.717, 1.165) is 25.9 Å². The van der Waals surface area contributed by atoms with E-state index in [2.05, 4.69) is 35.2 Å². The van der Waals surface area contributed by atoms with Gasteiger partial charge in [-0.3, -0.25) is 15.6 Å². The molecule has 2 saturated heterocycles. The van der Waals surface area contributed by atoms with Gasteiger partial charge < -0.3 is 10.1 Å². The van der Waals surface area contributed by atoms with Gasteiger partial charge in [0, 0.05) is 31.7 Å². The molecule has 3 N–H and O–H groups in total. The van der Waals surface area contributed by atoms with E-state index < -0.39 is 0 Å².